The molecule has 1 amide bonds. The maximum absolute atomic E-state index is 14.3. The first kappa shape index (κ1) is 31.5. The molecule has 1 heterocycles. The Morgan fingerprint density at radius 2 is 1.80 bits per heavy atom. The highest BCUT2D eigenvalue weighted by atomic mass is 79.9. The summed E-state index contributed by atoms with van der Waals surface area (Å²) in [7, 11) is 0. The van der Waals surface area contributed by atoms with Crippen LogP contribution in [0.2, 0.25) is 5.02 Å². The molecular formula is C36H34BrClN2O4. The molecule has 0 bridgehead atoms. The number of carbonyl (C=O) groups excluding carboxylic acids is 1. The summed E-state index contributed by atoms with van der Waals surface area (Å²) in [5.41, 5.74) is 2.34. The topological polar surface area (TPSA) is 80.2 Å². The number of nitrogens with one attached hydrogen (secondary N) is 1. The van der Waals surface area contributed by atoms with Gasteiger partial charge in [-0.2, -0.15) is 0 Å². The number of nitrogens with zero attached hydrogens (tertiary/aromatic N) is 1. The van der Waals surface area contributed by atoms with Crippen LogP contribution in [0.25, 0.3) is 6.08 Å². The number of benzene rings is 4. The zero-order valence-corrected chi connectivity index (χ0v) is 26.5. The van der Waals surface area contributed by atoms with E-state index >= 15 is 0 Å². The summed E-state index contributed by atoms with van der Waals surface area (Å²) in [6.45, 7) is 0.904. The summed E-state index contributed by atoms with van der Waals surface area (Å²) in [6.07, 6.45) is 4.78. The molecule has 0 aromatic heterocycles. The van der Waals surface area contributed by atoms with E-state index in [2.05, 4.69) is 21.2 Å². The highest BCUT2D eigenvalue weighted by Gasteiger charge is 2.53. The third kappa shape index (κ3) is 7.78. The van der Waals surface area contributed by atoms with Gasteiger partial charge in [-0.15, -0.1) is 0 Å². The molecule has 0 fully saturated rings. The Morgan fingerprint density at radius 3 is 2.55 bits per heavy atom. The number of aliphatic imine (C=N–C) groups is 1. The number of aliphatic hydroxyl groups is 1. The van der Waals surface area contributed by atoms with E-state index in [0.717, 1.165) is 26.7 Å². The van der Waals surface area contributed by atoms with E-state index in [0.29, 0.717) is 49.1 Å². The third-order valence-electron chi connectivity index (χ3n) is 7.34. The van der Waals surface area contributed by atoms with Gasteiger partial charge in [-0.05, 0) is 60.0 Å². The molecule has 8 heteroatoms. The smallest absolute Gasteiger partial charge is 0.252 e. The molecule has 2 atom stereocenters. The molecule has 44 heavy (non-hydrogen) atoms. The molecule has 0 saturated carbocycles. The molecule has 4 aromatic carbocycles. The van der Waals surface area contributed by atoms with Crippen molar-refractivity contribution in [3.8, 4) is 5.75 Å². The van der Waals surface area contributed by atoms with Gasteiger partial charge in [0.2, 0.25) is 5.90 Å². The summed E-state index contributed by atoms with van der Waals surface area (Å²) in [4.78, 5) is 19.4. The van der Waals surface area contributed by atoms with Crippen LogP contribution in [0.3, 0.4) is 0 Å². The molecule has 0 radical (unpaired) electrons. The molecule has 2 N–H and O–H groups in total. The Hall–Kier alpha value is -3.91. The Morgan fingerprint density at radius 1 is 1.02 bits per heavy atom. The molecule has 1 aliphatic rings. The minimum atomic E-state index is -1.28. The van der Waals surface area contributed by atoms with Crippen molar-refractivity contribution in [1.82, 2.24) is 5.32 Å². The van der Waals surface area contributed by atoms with E-state index in [9.17, 15) is 4.79 Å². The fourth-order valence-corrected chi connectivity index (χ4v) is 5.79. The van der Waals surface area contributed by atoms with E-state index < -0.39 is 11.6 Å². The SMILES string of the molecule is O=C(NCCc1cccc(Cl)c1)[C@]1(C/C=C/c2ccccc2)N=C(c2ccc(OCCCO)cc2)O[C@@H]1c1ccccc1Br. The molecule has 0 saturated heterocycles. The lowest BCUT2D eigenvalue weighted by atomic mass is 9.84. The van der Waals surface area contributed by atoms with Crippen LogP contribution in [0.15, 0.2) is 119 Å². The minimum Gasteiger partial charge on any atom is -0.494 e. The second kappa shape index (κ2) is 15.2. The first-order valence-corrected chi connectivity index (χ1v) is 15.7. The maximum atomic E-state index is 14.3. The lowest BCUT2D eigenvalue weighted by Crippen LogP contribution is -2.48. The lowest BCUT2D eigenvalue weighted by Gasteiger charge is -2.30. The molecule has 5 rings (SSSR count). The van der Waals surface area contributed by atoms with Crippen molar-refractivity contribution in [2.45, 2.75) is 30.9 Å². The number of rotatable bonds is 13. The van der Waals surface area contributed by atoms with E-state index in [4.69, 9.17) is 31.2 Å². The van der Waals surface area contributed by atoms with Gasteiger partial charge in [0.25, 0.3) is 5.91 Å². The van der Waals surface area contributed by atoms with Crippen molar-refractivity contribution in [3.63, 3.8) is 0 Å². The van der Waals surface area contributed by atoms with Crippen molar-refractivity contribution >= 4 is 45.4 Å². The van der Waals surface area contributed by atoms with Crippen LogP contribution in [0.5, 0.6) is 5.75 Å². The summed E-state index contributed by atoms with van der Waals surface area (Å²) in [5, 5.41) is 12.9. The maximum Gasteiger partial charge on any atom is 0.252 e. The lowest BCUT2D eigenvalue weighted by molar-refractivity contribution is -0.128. The van der Waals surface area contributed by atoms with Crippen LogP contribution in [0.1, 0.15) is 41.2 Å². The van der Waals surface area contributed by atoms with Crippen LogP contribution >= 0.6 is 27.5 Å². The molecule has 0 unspecified atom stereocenters. The van der Waals surface area contributed by atoms with Crippen LogP contribution < -0.4 is 10.1 Å². The monoisotopic (exact) mass is 672 g/mol. The number of amides is 1. The van der Waals surface area contributed by atoms with Gasteiger partial charge in [-0.25, -0.2) is 4.99 Å². The van der Waals surface area contributed by atoms with E-state index in [1.165, 1.54) is 0 Å². The van der Waals surface area contributed by atoms with Crippen LogP contribution in [0, 0.1) is 0 Å². The predicted octanol–water partition coefficient (Wildman–Crippen LogP) is 7.58. The summed E-state index contributed by atoms with van der Waals surface area (Å²) >= 11 is 9.88. The average molecular weight is 674 g/mol. The van der Waals surface area contributed by atoms with Gasteiger partial charge < -0.3 is 19.9 Å². The highest BCUT2D eigenvalue weighted by molar-refractivity contribution is 9.10. The van der Waals surface area contributed by atoms with Gasteiger partial charge in [0, 0.05) is 46.6 Å². The Labute approximate surface area is 271 Å². The summed E-state index contributed by atoms with van der Waals surface area (Å²) in [5.74, 6) is 0.835. The Balaban J connectivity index is 1.49. The zero-order chi connectivity index (χ0) is 30.8. The van der Waals surface area contributed by atoms with Crippen LogP contribution in [-0.2, 0) is 16.0 Å². The molecule has 1 aliphatic heterocycles. The average Bonchev–Trinajstić information content (AvgIpc) is 3.43. The number of aliphatic hydroxyl groups excluding tert-OH is 1. The van der Waals surface area contributed by atoms with Gasteiger partial charge in [0.05, 0.1) is 6.61 Å². The molecule has 0 aliphatic carbocycles. The molecule has 226 valence electrons. The van der Waals surface area contributed by atoms with Gasteiger partial charge >= 0.3 is 0 Å². The normalized spacial score (nSPS) is 17.7. The highest BCUT2D eigenvalue weighted by Crippen LogP contribution is 2.45. The zero-order valence-electron chi connectivity index (χ0n) is 24.2. The van der Waals surface area contributed by atoms with Gasteiger partial charge in [0.15, 0.2) is 11.6 Å². The fourth-order valence-electron chi connectivity index (χ4n) is 5.08. The third-order valence-corrected chi connectivity index (χ3v) is 8.30. The van der Waals surface area contributed by atoms with Crippen molar-refractivity contribution < 1.29 is 19.4 Å². The van der Waals surface area contributed by atoms with Gasteiger partial charge in [0.1, 0.15) is 5.75 Å². The number of hydrogen-bond donors (Lipinski definition) is 2. The van der Waals surface area contributed by atoms with Gasteiger partial charge in [-0.1, -0.05) is 100 Å². The summed E-state index contributed by atoms with van der Waals surface area (Å²) < 4.78 is 13.1. The second-order valence-corrected chi connectivity index (χ2v) is 11.8. The first-order valence-electron chi connectivity index (χ1n) is 14.6. The molecular weight excluding hydrogens is 640 g/mol. The minimum absolute atomic E-state index is 0.0706. The second-order valence-electron chi connectivity index (χ2n) is 10.5. The Bertz CT molecular complexity index is 1610. The fraction of sp³-hybridized carbons (Fsp3) is 0.222. The standard InChI is InChI=1S/C36H34BrClN2O4/c37-32-15-5-4-14-31(32)33-36(21-7-12-26-9-2-1-3-10-26,35(42)39-22-20-27-11-6-13-29(38)25-27)40-34(44-33)28-16-18-30(19-17-28)43-24-8-23-41/h1-7,9-19,25,33,41H,8,20-24H2,(H,39,42)/b12-7+/t33-,36-/m1/s1. The predicted molar refractivity (Wildman–Crippen MR) is 179 cm³/mol. The van der Waals surface area contributed by atoms with E-state index in [1.54, 1.807) is 0 Å². The van der Waals surface area contributed by atoms with Crippen molar-refractivity contribution in [2.75, 3.05) is 19.8 Å². The quantitative estimate of drug-likeness (QED) is 0.144. The number of hydrogen-bond acceptors (Lipinski definition) is 5. The van der Waals surface area contributed by atoms with Crippen LogP contribution in [-0.4, -0.2) is 42.2 Å². The largest absolute Gasteiger partial charge is 0.494 e. The van der Waals surface area contributed by atoms with Crippen molar-refractivity contribution in [3.05, 3.63) is 141 Å². The molecule has 4 aromatic rings. The van der Waals surface area contributed by atoms with Crippen LogP contribution in [0.4, 0.5) is 0 Å². The number of ether oxygens (including phenoxy) is 2. The van der Waals surface area contributed by atoms with Crippen molar-refractivity contribution in [1.29, 1.82) is 0 Å². The van der Waals surface area contributed by atoms with E-state index in [1.807, 2.05) is 115 Å². The van der Waals surface area contributed by atoms with Crippen molar-refractivity contribution in [2.24, 2.45) is 4.99 Å². The number of carbonyl (C=O) groups is 1. The summed E-state index contributed by atoms with van der Waals surface area (Å²) in [6, 6.07) is 32.8. The first-order chi connectivity index (χ1) is 21.5. The Kier molecular flexibility index (Phi) is 10.9. The van der Waals surface area contributed by atoms with Gasteiger partial charge in [-0.3, -0.25) is 4.79 Å². The molecule has 6 nitrogen and oxygen atoms in total. The van der Waals surface area contributed by atoms with E-state index in [-0.39, 0.29) is 12.5 Å². The molecule has 0 spiro atoms. The number of halogens is 2.